The van der Waals surface area contributed by atoms with Crippen LogP contribution in [0.15, 0.2) is 60.3 Å². The van der Waals surface area contributed by atoms with Crippen molar-refractivity contribution in [1.82, 2.24) is 14.7 Å². The number of benzene rings is 2. The van der Waals surface area contributed by atoms with Gasteiger partial charge in [0.1, 0.15) is 5.70 Å². The van der Waals surface area contributed by atoms with E-state index in [-0.39, 0.29) is 30.7 Å². The zero-order valence-electron chi connectivity index (χ0n) is 18.2. The molecule has 9 heteroatoms. The van der Waals surface area contributed by atoms with Crippen LogP contribution in [0.4, 0.5) is 5.69 Å². The lowest BCUT2D eigenvalue weighted by Gasteiger charge is -2.36. The van der Waals surface area contributed by atoms with Gasteiger partial charge in [0.25, 0.3) is 17.5 Å². The summed E-state index contributed by atoms with van der Waals surface area (Å²) in [6, 6.07) is 15.4. The zero-order valence-corrected chi connectivity index (χ0v) is 18.2. The average molecular weight is 450 g/mol. The molecule has 0 atom stereocenters. The lowest BCUT2D eigenvalue weighted by molar-refractivity contribution is -0.384. The first kappa shape index (κ1) is 22.6. The molecule has 2 aromatic rings. The number of nitro benzene ring substituents is 1. The van der Waals surface area contributed by atoms with Crippen LogP contribution in [0.25, 0.3) is 5.57 Å². The molecule has 2 aliphatic heterocycles. The summed E-state index contributed by atoms with van der Waals surface area (Å²) in [6.07, 6.45) is 0.545. The van der Waals surface area contributed by atoms with E-state index < -0.39 is 4.92 Å². The number of rotatable bonds is 8. The molecule has 0 unspecified atom stereocenters. The third kappa shape index (κ3) is 4.79. The number of β-amino-alcohol motifs (C(OH)–C–C–N with tert-alkyl or cyclic N) is 1. The van der Waals surface area contributed by atoms with Gasteiger partial charge in [0.05, 0.1) is 17.1 Å². The zero-order chi connectivity index (χ0) is 23.4. The highest BCUT2D eigenvalue weighted by molar-refractivity contribution is 6.35. The molecule has 2 aliphatic rings. The minimum Gasteiger partial charge on any atom is -0.395 e. The summed E-state index contributed by atoms with van der Waals surface area (Å²) in [5, 5.41) is 20.2. The number of aliphatic hydroxyl groups excluding tert-OH is 1. The van der Waals surface area contributed by atoms with Crippen LogP contribution >= 0.6 is 0 Å². The molecule has 0 bridgehead atoms. The van der Waals surface area contributed by atoms with Crippen molar-refractivity contribution in [2.45, 2.75) is 6.42 Å². The Hall–Kier alpha value is -3.56. The summed E-state index contributed by atoms with van der Waals surface area (Å²) < 4.78 is 0. The van der Waals surface area contributed by atoms with Crippen LogP contribution < -0.4 is 0 Å². The Morgan fingerprint density at radius 3 is 2.15 bits per heavy atom. The molecule has 1 N–H and O–H groups in total. The second-order valence-corrected chi connectivity index (χ2v) is 8.08. The monoisotopic (exact) mass is 450 g/mol. The number of imide groups is 1. The van der Waals surface area contributed by atoms with Crippen LogP contribution in [0.2, 0.25) is 0 Å². The van der Waals surface area contributed by atoms with E-state index in [4.69, 9.17) is 0 Å². The van der Waals surface area contributed by atoms with E-state index in [9.17, 15) is 24.8 Å². The molecule has 2 amide bonds. The molecular formula is C24H26N4O5. The van der Waals surface area contributed by atoms with Crippen molar-refractivity contribution in [3.05, 3.63) is 81.5 Å². The van der Waals surface area contributed by atoms with Crippen molar-refractivity contribution in [3.8, 4) is 0 Å². The van der Waals surface area contributed by atoms with Crippen LogP contribution in [-0.2, 0) is 16.0 Å². The molecule has 0 saturated carbocycles. The summed E-state index contributed by atoms with van der Waals surface area (Å²) in [7, 11) is 0. The first-order valence-electron chi connectivity index (χ1n) is 11.0. The number of amides is 2. The molecule has 33 heavy (non-hydrogen) atoms. The van der Waals surface area contributed by atoms with Gasteiger partial charge in [0, 0.05) is 51.4 Å². The van der Waals surface area contributed by atoms with E-state index >= 15 is 0 Å². The van der Waals surface area contributed by atoms with Crippen molar-refractivity contribution in [2.24, 2.45) is 0 Å². The van der Waals surface area contributed by atoms with Crippen LogP contribution in [0.3, 0.4) is 0 Å². The van der Waals surface area contributed by atoms with Crippen LogP contribution in [-0.4, -0.2) is 82.4 Å². The second kappa shape index (κ2) is 9.93. The van der Waals surface area contributed by atoms with Gasteiger partial charge in [-0.25, -0.2) is 0 Å². The second-order valence-electron chi connectivity index (χ2n) is 8.08. The van der Waals surface area contributed by atoms with E-state index in [2.05, 4.69) is 4.90 Å². The number of hydrogen-bond acceptors (Lipinski definition) is 7. The topological polar surface area (TPSA) is 107 Å². The standard InChI is InChI=1S/C24H26N4O5/c29-17-16-25-12-14-26(15-13-25)22-21(19-6-8-20(9-7-19)28(32)33)23(30)27(24(22)31)11-10-18-4-2-1-3-5-18/h1-9,29H,10-17H2. The van der Waals surface area contributed by atoms with Gasteiger partial charge >= 0.3 is 0 Å². The smallest absolute Gasteiger partial charge is 0.277 e. The maximum Gasteiger partial charge on any atom is 0.277 e. The van der Waals surface area contributed by atoms with E-state index in [1.165, 1.54) is 29.2 Å². The first-order valence-corrected chi connectivity index (χ1v) is 11.0. The fourth-order valence-electron chi connectivity index (χ4n) is 4.29. The summed E-state index contributed by atoms with van der Waals surface area (Å²) in [5.41, 5.74) is 2.09. The van der Waals surface area contributed by atoms with Gasteiger partial charge < -0.3 is 10.0 Å². The molecule has 1 fully saturated rings. The number of nitrogens with zero attached hydrogens (tertiary/aromatic N) is 4. The molecule has 0 aliphatic carbocycles. The van der Waals surface area contributed by atoms with Crippen molar-refractivity contribution >= 4 is 23.1 Å². The van der Waals surface area contributed by atoms with Crippen molar-refractivity contribution in [3.63, 3.8) is 0 Å². The number of aliphatic hydroxyl groups is 1. The largest absolute Gasteiger partial charge is 0.395 e. The Morgan fingerprint density at radius 1 is 0.879 bits per heavy atom. The number of carbonyl (C=O) groups excluding carboxylic acids is 2. The van der Waals surface area contributed by atoms with Gasteiger partial charge in [-0.3, -0.25) is 29.5 Å². The Balaban J connectivity index is 1.63. The third-order valence-electron chi connectivity index (χ3n) is 6.08. The van der Waals surface area contributed by atoms with E-state index in [1.807, 2.05) is 35.2 Å². The SMILES string of the molecule is O=C1C(c2ccc([N+](=O)[O-])cc2)=C(N2CCN(CCO)CC2)C(=O)N1CCc1ccccc1. The van der Waals surface area contributed by atoms with Gasteiger partial charge in [0.15, 0.2) is 0 Å². The van der Waals surface area contributed by atoms with Crippen LogP contribution in [0.5, 0.6) is 0 Å². The molecule has 0 spiro atoms. The normalized spacial score (nSPS) is 17.2. The van der Waals surface area contributed by atoms with E-state index in [0.29, 0.717) is 56.0 Å². The summed E-state index contributed by atoms with van der Waals surface area (Å²) in [5.74, 6) is -0.711. The predicted octanol–water partition coefficient (Wildman–Crippen LogP) is 1.53. The Morgan fingerprint density at radius 2 is 1.55 bits per heavy atom. The van der Waals surface area contributed by atoms with Gasteiger partial charge in [-0.05, 0) is 29.7 Å². The molecule has 1 saturated heterocycles. The molecule has 9 nitrogen and oxygen atoms in total. The Bertz CT molecular complexity index is 1060. The first-order chi connectivity index (χ1) is 16.0. The van der Waals surface area contributed by atoms with Crippen LogP contribution in [0.1, 0.15) is 11.1 Å². The van der Waals surface area contributed by atoms with Crippen molar-refractivity contribution in [1.29, 1.82) is 0 Å². The molecule has 0 radical (unpaired) electrons. The summed E-state index contributed by atoms with van der Waals surface area (Å²) in [4.78, 5) is 42.7. The van der Waals surface area contributed by atoms with Gasteiger partial charge in [-0.2, -0.15) is 0 Å². The fraction of sp³-hybridized carbons (Fsp3) is 0.333. The number of carbonyl (C=O) groups is 2. The Kier molecular flexibility index (Phi) is 6.81. The van der Waals surface area contributed by atoms with Gasteiger partial charge in [0.2, 0.25) is 0 Å². The molecular weight excluding hydrogens is 424 g/mol. The number of non-ortho nitro benzene ring substituents is 1. The maximum atomic E-state index is 13.4. The lowest BCUT2D eigenvalue weighted by atomic mass is 10.0. The number of piperazine rings is 1. The molecule has 172 valence electrons. The predicted molar refractivity (Wildman–Crippen MR) is 122 cm³/mol. The number of nitro groups is 1. The molecule has 0 aromatic heterocycles. The lowest BCUT2D eigenvalue weighted by Crippen LogP contribution is -2.48. The molecule has 4 rings (SSSR count). The fourth-order valence-corrected chi connectivity index (χ4v) is 4.29. The highest BCUT2D eigenvalue weighted by Crippen LogP contribution is 2.33. The highest BCUT2D eigenvalue weighted by atomic mass is 16.6. The number of hydrogen-bond donors (Lipinski definition) is 1. The van der Waals surface area contributed by atoms with Gasteiger partial charge in [-0.1, -0.05) is 30.3 Å². The summed E-state index contributed by atoms with van der Waals surface area (Å²) >= 11 is 0. The van der Waals surface area contributed by atoms with E-state index in [0.717, 1.165) is 5.56 Å². The maximum absolute atomic E-state index is 13.4. The quantitative estimate of drug-likeness (QED) is 0.369. The minimum atomic E-state index is -0.493. The van der Waals surface area contributed by atoms with Crippen molar-refractivity contribution in [2.75, 3.05) is 45.9 Å². The highest BCUT2D eigenvalue weighted by Gasteiger charge is 2.42. The van der Waals surface area contributed by atoms with Gasteiger partial charge in [-0.15, -0.1) is 0 Å². The average Bonchev–Trinajstić information content (AvgIpc) is 3.08. The molecule has 2 aromatic carbocycles. The molecule has 2 heterocycles. The Labute approximate surface area is 191 Å². The third-order valence-corrected chi connectivity index (χ3v) is 6.08. The minimum absolute atomic E-state index is 0.0709. The van der Waals surface area contributed by atoms with Crippen molar-refractivity contribution < 1.29 is 19.6 Å². The summed E-state index contributed by atoms with van der Waals surface area (Å²) in [6.45, 7) is 3.34. The van der Waals surface area contributed by atoms with Crippen LogP contribution in [0, 0.1) is 10.1 Å². The van der Waals surface area contributed by atoms with E-state index in [1.54, 1.807) is 0 Å².